The number of aromatic nitrogens is 5. The predicted octanol–water partition coefficient (Wildman–Crippen LogP) is 3.08. The molecule has 0 amide bonds. The molecule has 1 aliphatic carbocycles. The van der Waals surface area contributed by atoms with Crippen LogP contribution in [0.5, 0.6) is 0 Å². The number of sulfone groups is 1. The Morgan fingerprint density at radius 3 is 2.65 bits per heavy atom. The predicted molar refractivity (Wildman–Crippen MR) is 146 cm³/mol. The number of nitrogens with zero attached hydrogens (tertiary/aromatic N) is 6. The number of thiazole rings is 1. The molecule has 13 heteroatoms. The summed E-state index contributed by atoms with van der Waals surface area (Å²) >= 11 is 1.60. The van der Waals surface area contributed by atoms with Crippen LogP contribution in [0, 0.1) is 0 Å². The van der Waals surface area contributed by atoms with Crippen molar-refractivity contribution >= 4 is 49.0 Å². The zero-order chi connectivity index (χ0) is 25.8. The fourth-order valence-electron chi connectivity index (χ4n) is 5.06. The van der Waals surface area contributed by atoms with E-state index in [1.807, 2.05) is 6.20 Å². The first-order chi connectivity index (χ1) is 17.9. The highest BCUT2D eigenvalue weighted by atomic mass is 32.2. The lowest BCUT2D eigenvalue weighted by atomic mass is 9.90. The van der Waals surface area contributed by atoms with Crippen LogP contribution in [0.15, 0.2) is 12.4 Å². The van der Waals surface area contributed by atoms with E-state index in [0.29, 0.717) is 31.0 Å². The Kier molecular flexibility index (Phi) is 8.22. The summed E-state index contributed by atoms with van der Waals surface area (Å²) in [5.74, 6) is 1.42. The molecule has 1 aliphatic heterocycles. The van der Waals surface area contributed by atoms with Crippen LogP contribution >= 0.6 is 11.3 Å². The second-order valence-electron chi connectivity index (χ2n) is 9.91. The summed E-state index contributed by atoms with van der Waals surface area (Å²) < 4.78 is 30.0. The average molecular weight is 549 g/mol. The number of hydrogen-bond donors (Lipinski definition) is 2. The van der Waals surface area contributed by atoms with Crippen LogP contribution < -0.4 is 10.6 Å². The van der Waals surface area contributed by atoms with Gasteiger partial charge < -0.3 is 15.4 Å². The van der Waals surface area contributed by atoms with Crippen molar-refractivity contribution in [1.29, 1.82) is 0 Å². The van der Waals surface area contributed by atoms with Gasteiger partial charge in [0.1, 0.15) is 15.4 Å². The van der Waals surface area contributed by atoms with Gasteiger partial charge in [0.15, 0.2) is 10.6 Å². The molecule has 0 unspecified atom stereocenters. The van der Waals surface area contributed by atoms with Gasteiger partial charge in [-0.15, -0.1) is 0 Å². The molecule has 4 heterocycles. The number of anilines is 3. The van der Waals surface area contributed by atoms with E-state index >= 15 is 0 Å². The number of rotatable bonds is 10. The molecular formula is C24H36N8O3S2. The summed E-state index contributed by atoms with van der Waals surface area (Å²) in [6, 6.07) is 0.997. The van der Waals surface area contributed by atoms with Crippen molar-refractivity contribution in [2.45, 2.75) is 64.1 Å². The maximum absolute atomic E-state index is 11.4. The van der Waals surface area contributed by atoms with Crippen molar-refractivity contribution < 1.29 is 13.2 Å². The number of fused-ring (bicyclic) bond motifs is 1. The lowest BCUT2D eigenvalue weighted by Crippen LogP contribution is -2.46. The first-order valence-electron chi connectivity index (χ1n) is 13.1. The molecule has 5 rings (SSSR count). The van der Waals surface area contributed by atoms with Gasteiger partial charge in [-0.05, 0) is 38.5 Å². The van der Waals surface area contributed by atoms with Crippen molar-refractivity contribution in [2.24, 2.45) is 0 Å². The van der Waals surface area contributed by atoms with Crippen LogP contribution in [0.1, 0.15) is 44.0 Å². The van der Waals surface area contributed by atoms with Crippen LogP contribution in [0.25, 0.3) is 10.3 Å². The molecule has 0 radical (unpaired) electrons. The molecule has 1 saturated heterocycles. The fraction of sp³-hybridized carbons (Fsp3) is 0.667. The molecule has 0 atom stereocenters. The highest BCUT2D eigenvalue weighted by molar-refractivity contribution is 7.90. The van der Waals surface area contributed by atoms with Crippen molar-refractivity contribution in [3.8, 4) is 0 Å². The van der Waals surface area contributed by atoms with Crippen molar-refractivity contribution in [3.63, 3.8) is 0 Å². The Bertz CT molecular complexity index is 1290. The summed E-state index contributed by atoms with van der Waals surface area (Å²) in [7, 11) is -2.98. The van der Waals surface area contributed by atoms with E-state index in [-0.39, 0.29) is 5.75 Å². The van der Waals surface area contributed by atoms with Crippen molar-refractivity contribution in [2.75, 3.05) is 48.9 Å². The quantitative estimate of drug-likeness (QED) is 0.390. The van der Waals surface area contributed by atoms with Gasteiger partial charge >= 0.3 is 0 Å². The summed E-state index contributed by atoms with van der Waals surface area (Å²) in [6.07, 6.45) is 10.7. The molecule has 1 saturated carbocycles. The average Bonchev–Trinajstić information content (AvgIpc) is 3.51. The first kappa shape index (κ1) is 26.3. The molecule has 0 aromatic carbocycles. The van der Waals surface area contributed by atoms with Gasteiger partial charge in [0.25, 0.3) is 0 Å². The molecule has 2 N–H and O–H groups in total. The van der Waals surface area contributed by atoms with Crippen LogP contribution in [-0.2, 0) is 27.5 Å². The summed E-state index contributed by atoms with van der Waals surface area (Å²) in [5, 5.41) is 12.3. The number of aryl methyl sites for hydroxylation is 2. The minimum atomic E-state index is -2.98. The number of morpholine rings is 1. The van der Waals surface area contributed by atoms with Crippen LogP contribution in [0.4, 0.5) is 17.5 Å². The topological polar surface area (TPSA) is 127 Å². The minimum Gasteiger partial charge on any atom is -0.379 e. The summed E-state index contributed by atoms with van der Waals surface area (Å²) in [6.45, 7) is 6.40. The Hall–Kier alpha value is -2.35. The normalized spacial score (nSPS) is 21.4. The van der Waals surface area contributed by atoms with E-state index in [1.54, 1.807) is 22.2 Å². The number of hydrogen-bond acceptors (Lipinski definition) is 11. The van der Waals surface area contributed by atoms with E-state index < -0.39 is 9.84 Å². The summed E-state index contributed by atoms with van der Waals surface area (Å²) in [4.78, 5) is 17.8. The SMILES string of the molecule is CCc1nc2c(N[C@H]3CC[C@H](N4CCOCC4)CC3)nc(Nc3cnn(CCCS(C)(=O)=O)c3)nc2s1. The maximum Gasteiger partial charge on any atom is 0.230 e. The van der Waals surface area contributed by atoms with Gasteiger partial charge in [0.05, 0.1) is 35.9 Å². The molecule has 0 bridgehead atoms. The third-order valence-corrected chi connectivity index (χ3v) is 9.12. The smallest absolute Gasteiger partial charge is 0.230 e. The first-order valence-corrected chi connectivity index (χ1v) is 16.0. The van der Waals surface area contributed by atoms with Gasteiger partial charge in [0, 0.05) is 44.2 Å². The molecule has 11 nitrogen and oxygen atoms in total. The highest BCUT2D eigenvalue weighted by Crippen LogP contribution is 2.31. The molecule has 202 valence electrons. The van der Waals surface area contributed by atoms with Gasteiger partial charge in [-0.1, -0.05) is 18.3 Å². The fourth-order valence-corrected chi connectivity index (χ4v) is 6.59. The standard InChI is InChI=1S/C24H36N8O3S2/c1-3-20-28-21-22(26-17-5-7-19(8-6-17)31-10-12-35-13-11-31)29-24(30-23(21)36-20)27-18-15-25-32(16-18)9-4-14-37(2,33)34/h15-17,19H,3-14H2,1-2H3,(H2,26,27,29,30)/t17-,19-. The zero-order valence-corrected chi connectivity index (χ0v) is 23.2. The Labute approximate surface area is 222 Å². The van der Waals surface area contributed by atoms with E-state index in [1.165, 1.54) is 19.1 Å². The van der Waals surface area contributed by atoms with Crippen molar-refractivity contribution in [1.82, 2.24) is 29.6 Å². The molecular weight excluding hydrogens is 512 g/mol. The highest BCUT2D eigenvalue weighted by Gasteiger charge is 2.28. The molecule has 37 heavy (non-hydrogen) atoms. The van der Waals surface area contributed by atoms with E-state index in [0.717, 1.165) is 72.4 Å². The van der Waals surface area contributed by atoms with Gasteiger partial charge in [-0.25, -0.2) is 13.4 Å². The van der Waals surface area contributed by atoms with Crippen LogP contribution in [0.2, 0.25) is 0 Å². The van der Waals surface area contributed by atoms with Gasteiger partial charge in [-0.3, -0.25) is 9.58 Å². The van der Waals surface area contributed by atoms with Gasteiger partial charge in [0.2, 0.25) is 5.95 Å². The largest absolute Gasteiger partial charge is 0.379 e. The Morgan fingerprint density at radius 1 is 1.14 bits per heavy atom. The van der Waals surface area contributed by atoms with Crippen molar-refractivity contribution in [3.05, 3.63) is 17.4 Å². The second kappa shape index (κ2) is 11.6. The monoisotopic (exact) mass is 548 g/mol. The van der Waals surface area contributed by atoms with Gasteiger partial charge in [-0.2, -0.15) is 15.1 Å². The van der Waals surface area contributed by atoms with Crippen LogP contribution in [-0.4, -0.2) is 88.4 Å². The second-order valence-corrected chi connectivity index (χ2v) is 13.2. The Balaban J connectivity index is 1.26. The molecule has 0 spiro atoms. The lowest BCUT2D eigenvalue weighted by molar-refractivity contribution is 0.00791. The Morgan fingerprint density at radius 2 is 1.92 bits per heavy atom. The van der Waals surface area contributed by atoms with E-state index in [9.17, 15) is 8.42 Å². The van der Waals surface area contributed by atoms with Crippen LogP contribution in [0.3, 0.4) is 0 Å². The number of nitrogens with one attached hydrogen (secondary N) is 2. The minimum absolute atomic E-state index is 0.143. The summed E-state index contributed by atoms with van der Waals surface area (Å²) in [5.41, 5.74) is 1.59. The molecule has 3 aromatic rings. The number of ether oxygens (including phenoxy) is 1. The van der Waals surface area contributed by atoms with E-state index in [4.69, 9.17) is 19.7 Å². The van der Waals surface area contributed by atoms with E-state index in [2.05, 4.69) is 27.6 Å². The molecule has 2 aliphatic rings. The zero-order valence-electron chi connectivity index (χ0n) is 21.5. The molecule has 2 fully saturated rings. The maximum atomic E-state index is 11.4. The third-order valence-electron chi connectivity index (χ3n) is 7.00. The molecule has 3 aromatic heterocycles. The third kappa shape index (κ3) is 6.95. The lowest BCUT2D eigenvalue weighted by Gasteiger charge is -2.39.